The molecule has 0 amide bonds. The van der Waals surface area contributed by atoms with Gasteiger partial charge >= 0.3 is 0 Å². The number of ketones is 2. The minimum atomic E-state index is -0.610. The minimum absolute atomic E-state index is 0.0481. The number of hydrogen-bond acceptors (Lipinski definition) is 7. The van der Waals surface area contributed by atoms with Crippen LogP contribution in [-0.4, -0.2) is 37.1 Å². The molecule has 8 rings (SSSR count). The van der Waals surface area contributed by atoms with Crippen molar-refractivity contribution < 1.29 is 35.1 Å². The van der Waals surface area contributed by atoms with Gasteiger partial charge in [-0.05, 0) is 95.4 Å². The van der Waals surface area contributed by atoms with E-state index < -0.39 is 23.1 Å². The molecule has 0 aromatic heterocycles. The smallest absolute Gasteiger partial charge is 0.197 e. The number of aryl methyl sites for hydroxylation is 3. The number of fused-ring (bicyclic) bond motifs is 4. The molecule has 8 aromatic carbocycles. The predicted molar refractivity (Wildman–Crippen MR) is 204 cm³/mol. The van der Waals surface area contributed by atoms with Crippen LogP contribution in [0.1, 0.15) is 48.5 Å². The molecular formula is C45H32O7. The molecule has 254 valence electrons. The van der Waals surface area contributed by atoms with Crippen LogP contribution in [0.25, 0.3) is 54.2 Å². The van der Waals surface area contributed by atoms with Crippen molar-refractivity contribution in [2.45, 2.75) is 20.8 Å². The molecular weight excluding hydrogens is 652 g/mol. The molecule has 7 nitrogen and oxygen atoms in total. The van der Waals surface area contributed by atoms with E-state index in [1.165, 1.54) is 6.07 Å². The van der Waals surface area contributed by atoms with Crippen molar-refractivity contribution in [3.8, 4) is 39.9 Å². The van der Waals surface area contributed by atoms with Gasteiger partial charge in [-0.15, -0.1) is 0 Å². The monoisotopic (exact) mass is 684 g/mol. The first-order chi connectivity index (χ1) is 24.9. The lowest BCUT2D eigenvalue weighted by atomic mass is 9.85. The maximum absolute atomic E-state index is 14.1. The molecule has 52 heavy (non-hydrogen) atoms. The second kappa shape index (κ2) is 11.9. The standard InChI is InChI=1S/C45H32O7/c1-22-16-31-33(18-24(3)40(47)38(31)41(48)29-14-12-25-8-4-6-10-27(25)19-29)43(50)36(22)37-23(2)17-32-34(44(37)51)21-35(46)45(52)39(32)42(49)30-15-13-26-9-5-7-11-28(26)20-30/h4-21,46-47,50-52H,1-3H3. The van der Waals surface area contributed by atoms with Gasteiger partial charge in [0.25, 0.3) is 0 Å². The predicted octanol–water partition coefficient (Wildman–Crippen LogP) is 9.88. The number of carbonyl (C=O) groups is 2. The quantitative estimate of drug-likeness (QED) is 0.0900. The van der Waals surface area contributed by atoms with Gasteiger partial charge in [0.05, 0.1) is 11.1 Å². The van der Waals surface area contributed by atoms with E-state index in [0.29, 0.717) is 33.0 Å². The molecule has 0 spiro atoms. The van der Waals surface area contributed by atoms with Crippen LogP contribution in [0.3, 0.4) is 0 Å². The van der Waals surface area contributed by atoms with Crippen LogP contribution in [0, 0.1) is 20.8 Å². The highest BCUT2D eigenvalue weighted by atomic mass is 16.3. The SMILES string of the molecule is Cc1cc2c(O)c(-c3c(C)cc4c(C(=O)c5ccc6ccccc6c5)c(O)c(O)cc4c3O)c(C)cc2c(C(=O)c2ccc3ccccc3c2)c1O. The molecule has 0 atom stereocenters. The first kappa shape index (κ1) is 32.4. The summed E-state index contributed by atoms with van der Waals surface area (Å²) >= 11 is 0. The van der Waals surface area contributed by atoms with E-state index in [4.69, 9.17) is 0 Å². The van der Waals surface area contributed by atoms with Crippen molar-refractivity contribution in [3.05, 3.63) is 148 Å². The second-order valence-corrected chi connectivity index (χ2v) is 13.3. The van der Waals surface area contributed by atoms with Crippen LogP contribution >= 0.6 is 0 Å². The maximum Gasteiger partial charge on any atom is 0.197 e. The average molecular weight is 685 g/mol. The third-order valence-electron chi connectivity index (χ3n) is 10.1. The molecule has 0 bridgehead atoms. The largest absolute Gasteiger partial charge is 0.507 e. The Labute approximate surface area is 297 Å². The van der Waals surface area contributed by atoms with Gasteiger partial charge in [-0.25, -0.2) is 0 Å². The molecule has 5 N–H and O–H groups in total. The van der Waals surface area contributed by atoms with Crippen molar-refractivity contribution >= 4 is 54.7 Å². The number of carbonyl (C=O) groups excluding carboxylic acids is 2. The number of benzene rings is 8. The van der Waals surface area contributed by atoms with Crippen molar-refractivity contribution in [1.29, 1.82) is 0 Å². The lowest BCUT2D eigenvalue weighted by Crippen LogP contribution is -2.05. The van der Waals surface area contributed by atoms with Crippen LogP contribution in [0.5, 0.6) is 28.7 Å². The molecule has 0 saturated heterocycles. The normalized spacial score (nSPS) is 11.5. The average Bonchev–Trinajstić information content (AvgIpc) is 3.14. The van der Waals surface area contributed by atoms with E-state index in [-0.39, 0.29) is 55.8 Å². The van der Waals surface area contributed by atoms with E-state index >= 15 is 0 Å². The summed E-state index contributed by atoms with van der Waals surface area (Å²) in [5.41, 5.74) is 2.40. The summed E-state index contributed by atoms with van der Waals surface area (Å²) in [6.45, 7) is 5.08. The summed E-state index contributed by atoms with van der Waals surface area (Å²) in [6, 6.07) is 31.8. The van der Waals surface area contributed by atoms with E-state index in [1.807, 2.05) is 54.6 Å². The van der Waals surface area contributed by atoms with Gasteiger partial charge in [0.15, 0.2) is 23.1 Å². The van der Waals surface area contributed by atoms with Crippen molar-refractivity contribution in [3.63, 3.8) is 0 Å². The third-order valence-corrected chi connectivity index (χ3v) is 10.1. The van der Waals surface area contributed by atoms with E-state index in [2.05, 4.69) is 0 Å². The highest BCUT2D eigenvalue weighted by molar-refractivity contribution is 6.22. The Hall–Kier alpha value is -6.86. The van der Waals surface area contributed by atoms with Crippen molar-refractivity contribution in [2.75, 3.05) is 0 Å². The van der Waals surface area contributed by atoms with Gasteiger partial charge in [-0.1, -0.05) is 72.8 Å². The minimum Gasteiger partial charge on any atom is -0.507 e. The van der Waals surface area contributed by atoms with Crippen LogP contribution in [0.4, 0.5) is 0 Å². The maximum atomic E-state index is 14.1. The third kappa shape index (κ3) is 4.89. The lowest BCUT2D eigenvalue weighted by molar-refractivity contribution is 0.102. The molecule has 7 heteroatoms. The molecule has 0 aliphatic heterocycles. The fourth-order valence-electron chi connectivity index (χ4n) is 7.45. The highest BCUT2D eigenvalue weighted by Crippen LogP contribution is 2.50. The zero-order valence-corrected chi connectivity index (χ0v) is 28.4. The molecule has 0 unspecified atom stereocenters. The first-order valence-electron chi connectivity index (χ1n) is 16.7. The fourth-order valence-corrected chi connectivity index (χ4v) is 7.45. The van der Waals surface area contributed by atoms with Gasteiger partial charge in [0.1, 0.15) is 17.2 Å². The Kier molecular flexibility index (Phi) is 7.39. The summed E-state index contributed by atoms with van der Waals surface area (Å²) in [5.74, 6) is -2.89. The van der Waals surface area contributed by atoms with Gasteiger partial charge in [-0.3, -0.25) is 9.59 Å². The molecule has 0 saturated carbocycles. The zero-order chi connectivity index (χ0) is 36.6. The number of hydrogen-bond donors (Lipinski definition) is 5. The Balaban J connectivity index is 1.32. The Morgan fingerprint density at radius 1 is 0.404 bits per heavy atom. The Morgan fingerprint density at radius 3 is 1.29 bits per heavy atom. The molecule has 0 aliphatic rings. The topological polar surface area (TPSA) is 135 Å². The fraction of sp³-hybridized carbons (Fsp3) is 0.0667. The van der Waals surface area contributed by atoms with E-state index in [1.54, 1.807) is 69.3 Å². The van der Waals surface area contributed by atoms with E-state index in [9.17, 15) is 35.1 Å². The van der Waals surface area contributed by atoms with E-state index in [0.717, 1.165) is 21.5 Å². The number of aromatic hydroxyl groups is 5. The zero-order valence-electron chi connectivity index (χ0n) is 28.4. The summed E-state index contributed by atoms with van der Waals surface area (Å²) in [5, 5.41) is 61.5. The van der Waals surface area contributed by atoms with Gasteiger partial charge in [0.2, 0.25) is 0 Å². The summed E-state index contributed by atoms with van der Waals surface area (Å²) in [4.78, 5) is 28.1. The van der Waals surface area contributed by atoms with Crippen LogP contribution < -0.4 is 0 Å². The summed E-state index contributed by atoms with van der Waals surface area (Å²) < 4.78 is 0. The number of phenolic OH excluding ortho intramolecular Hbond substituents is 5. The molecule has 0 radical (unpaired) electrons. The number of phenols is 5. The molecule has 0 aliphatic carbocycles. The lowest BCUT2D eigenvalue weighted by Gasteiger charge is -2.20. The Bertz CT molecular complexity index is 2670. The summed E-state index contributed by atoms with van der Waals surface area (Å²) in [7, 11) is 0. The molecule has 0 heterocycles. The second-order valence-electron chi connectivity index (χ2n) is 13.3. The van der Waals surface area contributed by atoms with Gasteiger partial charge in [0, 0.05) is 43.8 Å². The molecule has 8 aromatic rings. The van der Waals surface area contributed by atoms with Crippen molar-refractivity contribution in [1.82, 2.24) is 0 Å². The summed E-state index contributed by atoms with van der Waals surface area (Å²) in [6.07, 6.45) is 0. The van der Waals surface area contributed by atoms with Crippen LogP contribution in [0.15, 0.2) is 109 Å². The first-order valence-corrected chi connectivity index (χ1v) is 16.7. The van der Waals surface area contributed by atoms with Gasteiger partial charge < -0.3 is 25.5 Å². The number of rotatable bonds is 5. The highest BCUT2D eigenvalue weighted by Gasteiger charge is 2.28. The van der Waals surface area contributed by atoms with Crippen LogP contribution in [0.2, 0.25) is 0 Å². The van der Waals surface area contributed by atoms with Crippen molar-refractivity contribution in [2.24, 2.45) is 0 Å². The Morgan fingerprint density at radius 2 is 0.808 bits per heavy atom. The van der Waals surface area contributed by atoms with Gasteiger partial charge in [-0.2, -0.15) is 0 Å². The van der Waals surface area contributed by atoms with Crippen LogP contribution in [-0.2, 0) is 0 Å². The molecule has 0 fully saturated rings.